The summed E-state index contributed by atoms with van der Waals surface area (Å²) in [5.41, 5.74) is 3.98. The van der Waals surface area contributed by atoms with E-state index in [1.807, 2.05) is 11.8 Å². The van der Waals surface area contributed by atoms with E-state index in [9.17, 15) is 0 Å². The van der Waals surface area contributed by atoms with Crippen molar-refractivity contribution in [1.82, 2.24) is 4.98 Å². The molecular formula is C20H20N2O4S. The molecular weight excluding hydrogens is 364 g/mol. The minimum absolute atomic E-state index is 0.581. The van der Waals surface area contributed by atoms with E-state index in [2.05, 4.69) is 64.9 Å². The maximum absolute atomic E-state index is 9.10. The first kappa shape index (κ1) is 18.8. The van der Waals surface area contributed by atoms with Crippen molar-refractivity contribution in [3.8, 4) is 0 Å². The molecule has 0 amide bonds. The molecule has 0 saturated heterocycles. The number of hydrogen-bond acceptors (Lipinski definition) is 4. The SMILES string of the molecule is O=C(O)C(=O)O.c1ccc(NCC2CCSc3[nH]c4ccccc4c32)cc1. The van der Waals surface area contributed by atoms with Gasteiger partial charge in [0.1, 0.15) is 0 Å². The third-order valence-corrected chi connectivity index (χ3v) is 5.39. The van der Waals surface area contributed by atoms with Crippen LogP contribution in [0.3, 0.4) is 0 Å². The molecule has 1 atom stereocenters. The predicted molar refractivity (Wildman–Crippen MR) is 107 cm³/mol. The lowest BCUT2D eigenvalue weighted by molar-refractivity contribution is -0.159. The number of carbonyl (C=O) groups is 2. The van der Waals surface area contributed by atoms with Crippen molar-refractivity contribution in [3.63, 3.8) is 0 Å². The summed E-state index contributed by atoms with van der Waals surface area (Å²) >= 11 is 1.96. The third kappa shape index (κ3) is 4.62. The summed E-state index contributed by atoms with van der Waals surface area (Å²) < 4.78 is 0. The Kier molecular flexibility index (Phi) is 6.03. The Bertz CT molecular complexity index is 928. The van der Waals surface area contributed by atoms with Crippen LogP contribution in [0.5, 0.6) is 0 Å². The number of thioether (sulfide) groups is 1. The number of benzene rings is 2. The zero-order valence-electron chi connectivity index (χ0n) is 14.5. The van der Waals surface area contributed by atoms with Gasteiger partial charge >= 0.3 is 11.9 Å². The number of aromatic amines is 1. The largest absolute Gasteiger partial charge is 0.473 e. The van der Waals surface area contributed by atoms with E-state index in [0.29, 0.717) is 5.92 Å². The molecule has 7 heteroatoms. The highest BCUT2D eigenvalue weighted by Gasteiger charge is 2.24. The van der Waals surface area contributed by atoms with Crippen LogP contribution in [0.15, 0.2) is 59.6 Å². The van der Waals surface area contributed by atoms with Gasteiger partial charge in [-0.25, -0.2) is 9.59 Å². The van der Waals surface area contributed by atoms with Gasteiger partial charge in [0, 0.05) is 34.8 Å². The van der Waals surface area contributed by atoms with Crippen molar-refractivity contribution in [2.24, 2.45) is 0 Å². The Morgan fingerprint density at radius 2 is 1.70 bits per heavy atom. The summed E-state index contributed by atoms with van der Waals surface area (Å²) in [4.78, 5) is 21.8. The van der Waals surface area contributed by atoms with E-state index in [1.165, 1.54) is 39.4 Å². The van der Waals surface area contributed by atoms with E-state index in [-0.39, 0.29) is 0 Å². The number of nitrogens with one attached hydrogen (secondary N) is 2. The first-order chi connectivity index (χ1) is 13.1. The van der Waals surface area contributed by atoms with Gasteiger partial charge in [-0.05, 0) is 30.2 Å². The summed E-state index contributed by atoms with van der Waals surface area (Å²) in [7, 11) is 0. The third-order valence-electron chi connectivity index (χ3n) is 4.34. The van der Waals surface area contributed by atoms with Crippen LogP contribution in [0.1, 0.15) is 17.9 Å². The number of carboxylic acid groups (broad SMARTS) is 2. The molecule has 2 heterocycles. The van der Waals surface area contributed by atoms with Gasteiger partial charge in [0.05, 0.1) is 5.03 Å². The van der Waals surface area contributed by atoms with Crippen LogP contribution in [0.2, 0.25) is 0 Å². The maximum atomic E-state index is 9.10. The molecule has 4 rings (SSSR count). The molecule has 0 aliphatic carbocycles. The first-order valence-electron chi connectivity index (χ1n) is 8.55. The number of fused-ring (bicyclic) bond motifs is 3. The highest BCUT2D eigenvalue weighted by atomic mass is 32.2. The van der Waals surface area contributed by atoms with Gasteiger partial charge in [0.15, 0.2) is 0 Å². The highest BCUT2D eigenvalue weighted by molar-refractivity contribution is 7.99. The molecule has 27 heavy (non-hydrogen) atoms. The van der Waals surface area contributed by atoms with E-state index >= 15 is 0 Å². The van der Waals surface area contributed by atoms with Crippen LogP contribution in [0, 0.1) is 0 Å². The Morgan fingerprint density at radius 3 is 2.41 bits per heavy atom. The van der Waals surface area contributed by atoms with Crippen LogP contribution in [-0.2, 0) is 9.59 Å². The number of carboxylic acids is 2. The van der Waals surface area contributed by atoms with Gasteiger partial charge in [-0.3, -0.25) is 0 Å². The molecule has 0 fully saturated rings. The molecule has 0 spiro atoms. The summed E-state index contributed by atoms with van der Waals surface area (Å²) in [6, 6.07) is 19.1. The van der Waals surface area contributed by atoms with Crippen molar-refractivity contribution in [1.29, 1.82) is 0 Å². The molecule has 1 aliphatic heterocycles. The summed E-state index contributed by atoms with van der Waals surface area (Å²) in [6.07, 6.45) is 1.24. The Labute approximate surface area is 160 Å². The monoisotopic (exact) mass is 384 g/mol. The number of hydrogen-bond donors (Lipinski definition) is 4. The summed E-state index contributed by atoms with van der Waals surface area (Å²) in [6.45, 7) is 0.999. The quantitative estimate of drug-likeness (QED) is 0.509. The van der Waals surface area contributed by atoms with Gasteiger partial charge in [-0.2, -0.15) is 0 Å². The lowest BCUT2D eigenvalue weighted by Crippen LogP contribution is -2.16. The number of anilines is 1. The fourth-order valence-electron chi connectivity index (χ4n) is 3.11. The second-order valence-corrected chi connectivity index (χ2v) is 7.21. The zero-order valence-corrected chi connectivity index (χ0v) is 15.3. The number of aromatic nitrogens is 1. The van der Waals surface area contributed by atoms with E-state index in [4.69, 9.17) is 19.8 Å². The molecule has 0 radical (unpaired) electrons. The molecule has 2 aromatic carbocycles. The van der Waals surface area contributed by atoms with Gasteiger partial charge in [-0.1, -0.05) is 36.4 Å². The number of para-hydroxylation sites is 2. The van der Waals surface area contributed by atoms with Crippen LogP contribution < -0.4 is 5.32 Å². The molecule has 0 saturated carbocycles. The fraction of sp³-hybridized carbons (Fsp3) is 0.200. The lowest BCUT2D eigenvalue weighted by atomic mass is 9.95. The Balaban J connectivity index is 0.000000307. The molecule has 1 aromatic heterocycles. The molecule has 0 bridgehead atoms. The van der Waals surface area contributed by atoms with E-state index < -0.39 is 11.9 Å². The molecule has 1 aliphatic rings. The topological polar surface area (TPSA) is 102 Å². The molecule has 4 N–H and O–H groups in total. The summed E-state index contributed by atoms with van der Waals surface area (Å²) in [5.74, 6) is -1.87. The Morgan fingerprint density at radius 1 is 1.04 bits per heavy atom. The number of rotatable bonds is 3. The molecule has 6 nitrogen and oxygen atoms in total. The van der Waals surface area contributed by atoms with Crippen LogP contribution in [-0.4, -0.2) is 39.4 Å². The highest BCUT2D eigenvalue weighted by Crippen LogP contribution is 2.41. The predicted octanol–water partition coefficient (Wildman–Crippen LogP) is 4.02. The molecule has 140 valence electrons. The van der Waals surface area contributed by atoms with Gasteiger partial charge in [-0.15, -0.1) is 11.8 Å². The average molecular weight is 384 g/mol. The van der Waals surface area contributed by atoms with Gasteiger partial charge < -0.3 is 20.5 Å². The van der Waals surface area contributed by atoms with Crippen LogP contribution >= 0.6 is 11.8 Å². The second-order valence-electron chi connectivity index (χ2n) is 6.10. The smallest absolute Gasteiger partial charge is 0.414 e. The van der Waals surface area contributed by atoms with Crippen LogP contribution in [0.25, 0.3) is 10.9 Å². The Hall–Kier alpha value is -2.93. The zero-order chi connectivity index (χ0) is 19.2. The maximum Gasteiger partial charge on any atom is 0.414 e. The van der Waals surface area contributed by atoms with Crippen molar-refractivity contribution in [2.75, 3.05) is 17.6 Å². The van der Waals surface area contributed by atoms with Crippen molar-refractivity contribution in [3.05, 3.63) is 60.2 Å². The van der Waals surface area contributed by atoms with Gasteiger partial charge in [0.2, 0.25) is 0 Å². The first-order valence-corrected chi connectivity index (χ1v) is 9.53. The summed E-state index contributed by atoms with van der Waals surface area (Å²) in [5, 5.41) is 21.1. The number of H-pyrrole nitrogens is 1. The minimum Gasteiger partial charge on any atom is -0.473 e. The second kappa shape index (κ2) is 8.64. The normalized spacial score (nSPS) is 15.3. The van der Waals surface area contributed by atoms with Crippen molar-refractivity contribution >= 4 is 40.3 Å². The molecule has 3 aromatic rings. The van der Waals surface area contributed by atoms with Crippen molar-refractivity contribution < 1.29 is 19.8 Å². The minimum atomic E-state index is -1.82. The van der Waals surface area contributed by atoms with Crippen molar-refractivity contribution in [2.45, 2.75) is 17.4 Å². The fourth-order valence-corrected chi connectivity index (χ4v) is 4.33. The standard InChI is InChI=1S/C18H18N2S.C2H2O4/c1-2-6-14(7-3-1)19-12-13-10-11-21-18-17(13)15-8-4-5-9-16(15)20-18;3-1(4)2(5)6/h1-9,13,19-20H,10-12H2;(H,3,4)(H,5,6). The lowest BCUT2D eigenvalue weighted by Gasteiger charge is -2.23. The van der Waals surface area contributed by atoms with E-state index in [1.54, 1.807) is 0 Å². The number of aliphatic carboxylic acids is 2. The van der Waals surface area contributed by atoms with Gasteiger partial charge in [0.25, 0.3) is 0 Å². The average Bonchev–Trinajstić information content (AvgIpc) is 3.07. The van der Waals surface area contributed by atoms with E-state index in [0.717, 1.165) is 6.54 Å². The molecule has 1 unspecified atom stereocenters. The van der Waals surface area contributed by atoms with Crippen LogP contribution in [0.4, 0.5) is 5.69 Å².